The van der Waals surface area contributed by atoms with Crippen molar-refractivity contribution in [3.8, 4) is 28.2 Å². The van der Waals surface area contributed by atoms with Gasteiger partial charge in [-0.3, -0.25) is 4.57 Å². The average Bonchev–Trinajstić information content (AvgIpc) is 3.10. The lowest BCUT2D eigenvalue weighted by molar-refractivity contribution is 1.02. The number of pyridine rings is 1. The standard InChI is InChI=1S/C26H20N2/c1-19-11-10-18-24(27-19)28-23-17-9-8-16-22(23)25(20-12-4-2-5-13-20)26(28)21-14-6-3-7-15-21/h2-18H,1H3. The number of rotatable bonds is 3. The first kappa shape index (κ1) is 16.5. The molecule has 3 aromatic carbocycles. The summed E-state index contributed by atoms with van der Waals surface area (Å²) in [5.41, 5.74) is 6.98. The third-order valence-corrected chi connectivity index (χ3v) is 5.09. The van der Waals surface area contributed by atoms with Crippen LogP contribution in [0.1, 0.15) is 5.69 Å². The summed E-state index contributed by atoms with van der Waals surface area (Å²) in [6.07, 6.45) is 0. The molecule has 0 unspecified atom stereocenters. The van der Waals surface area contributed by atoms with Crippen LogP contribution in [-0.2, 0) is 0 Å². The molecule has 0 fully saturated rings. The van der Waals surface area contributed by atoms with Crippen molar-refractivity contribution in [2.75, 3.05) is 0 Å². The zero-order valence-corrected chi connectivity index (χ0v) is 15.7. The van der Waals surface area contributed by atoms with Crippen molar-refractivity contribution in [3.63, 3.8) is 0 Å². The Labute approximate surface area is 164 Å². The molecule has 0 atom stereocenters. The lowest BCUT2D eigenvalue weighted by atomic mass is 9.98. The first-order valence-corrected chi connectivity index (χ1v) is 9.51. The summed E-state index contributed by atoms with van der Waals surface area (Å²) < 4.78 is 2.29. The van der Waals surface area contributed by atoms with Crippen LogP contribution in [0.4, 0.5) is 0 Å². The second-order valence-corrected chi connectivity index (χ2v) is 6.95. The van der Waals surface area contributed by atoms with Gasteiger partial charge in [0.1, 0.15) is 5.82 Å². The highest BCUT2D eigenvalue weighted by Gasteiger charge is 2.21. The van der Waals surface area contributed by atoms with Crippen LogP contribution in [-0.4, -0.2) is 9.55 Å². The number of fused-ring (bicyclic) bond motifs is 1. The molecule has 0 spiro atoms. The molecular formula is C26H20N2. The second kappa shape index (κ2) is 6.82. The lowest BCUT2D eigenvalue weighted by Crippen LogP contribution is -2.01. The van der Waals surface area contributed by atoms with Crippen molar-refractivity contribution in [3.05, 3.63) is 109 Å². The van der Waals surface area contributed by atoms with E-state index in [-0.39, 0.29) is 0 Å². The molecule has 2 heteroatoms. The van der Waals surface area contributed by atoms with Crippen LogP contribution in [0, 0.1) is 6.92 Å². The number of hydrogen-bond donors (Lipinski definition) is 0. The normalized spacial score (nSPS) is 11.0. The maximum atomic E-state index is 4.85. The maximum Gasteiger partial charge on any atom is 0.137 e. The van der Waals surface area contributed by atoms with Gasteiger partial charge in [-0.25, -0.2) is 4.98 Å². The Morgan fingerprint density at radius 2 is 1.25 bits per heavy atom. The van der Waals surface area contributed by atoms with Crippen molar-refractivity contribution in [2.45, 2.75) is 6.92 Å². The minimum atomic E-state index is 0.942. The van der Waals surface area contributed by atoms with Gasteiger partial charge in [0.05, 0.1) is 11.2 Å². The lowest BCUT2D eigenvalue weighted by Gasteiger charge is -2.13. The SMILES string of the molecule is Cc1cccc(-n2c(-c3ccccc3)c(-c3ccccc3)c3ccccc32)n1. The molecule has 0 aliphatic rings. The third-order valence-electron chi connectivity index (χ3n) is 5.09. The zero-order chi connectivity index (χ0) is 18.9. The Bertz CT molecular complexity index is 1250. The van der Waals surface area contributed by atoms with Gasteiger partial charge >= 0.3 is 0 Å². The number of para-hydroxylation sites is 1. The number of benzene rings is 3. The average molecular weight is 360 g/mol. The molecule has 0 radical (unpaired) electrons. The van der Waals surface area contributed by atoms with Gasteiger partial charge in [-0.2, -0.15) is 0 Å². The quantitative estimate of drug-likeness (QED) is 0.351. The van der Waals surface area contributed by atoms with Gasteiger partial charge in [-0.05, 0) is 36.2 Å². The molecule has 0 aliphatic heterocycles. The summed E-state index contributed by atoms with van der Waals surface area (Å²) in [5.74, 6) is 0.942. The van der Waals surface area contributed by atoms with Crippen LogP contribution < -0.4 is 0 Å². The first-order valence-electron chi connectivity index (χ1n) is 9.51. The van der Waals surface area contributed by atoms with E-state index in [2.05, 4.69) is 102 Å². The molecule has 0 bridgehead atoms. The molecule has 28 heavy (non-hydrogen) atoms. The van der Waals surface area contributed by atoms with Crippen LogP contribution >= 0.6 is 0 Å². The van der Waals surface area contributed by atoms with Crippen molar-refractivity contribution >= 4 is 10.9 Å². The van der Waals surface area contributed by atoms with Crippen molar-refractivity contribution in [1.29, 1.82) is 0 Å². The minimum Gasteiger partial charge on any atom is -0.293 e. The highest BCUT2D eigenvalue weighted by atomic mass is 15.1. The molecule has 5 aromatic rings. The Hall–Kier alpha value is -3.65. The monoisotopic (exact) mass is 360 g/mol. The van der Waals surface area contributed by atoms with E-state index in [1.807, 2.05) is 13.0 Å². The molecule has 0 saturated heterocycles. The summed E-state index contributed by atoms with van der Waals surface area (Å²) in [6, 6.07) is 36.0. The Kier molecular flexibility index (Phi) is 4.02. The van der Waals surface area contributed by atoms with Gasteiger partial charge in [0.2, 0.25) is 0 Å². The molecule has 0 N–H and O–H groups in total. The number of aryl methyl sites for hydroxylation is 1. The van der Waals surface area contributed by atoms with Crippen LogP contribution in [0.15, 0.2) is 103 Å². The van der Waals surface area contributed by atoms with Gasteiger partial charge < -0.3 is 0 Å². The van der Waals surface area contributed by atoms with Gasteiger partial charge in [-0.15, -0.1) is 0 Å². The van der Waals surface area contributed by atoms with Gasteiger partial charge in [0.25, 0.3) is 0 Å². The Morgan fingerprint density at radius 1 is 0.607 bits per heavy atom. The molecule has 2 heterocycles. The first-order chi connectivity index (χ1) is 13.8. The van der Waals surface area contributed by atoms with Gasteiger partial charge in [0.15, 0.2) is 0 Å². The van der Waals surface area contributed by atoms with Crippen LogP contribution in [0.5, 0.6) is 0 Å². The van der Waals surface area contributed by atoms with E-state index >= 15 is 0 Å². The summed E-state index contributed by atoms with van der Waals surface area (Å²) in [4.78, 5) is 4.85. The Morgan fingerprint density at radius 3 is 1.96 bits per heavy atom. The van der Waals surface area contributed by atoms with Crippen molar-refractivity contribution in [2.24, 2.45) is 0 Å². The molecule has 0 saturated carbocycles. The van der Waals surface area contributed by atoms with Crippen LogP contribution in [0.25, 0.3) is 39.1 Å². The number of hydrogen-bond acceptors (Lipinski definition) is 1. The van der Waals surface area contributed by atoms with E-state index in [0.717, 1.165) is 11.5 Å². The fourth-order valence-corrected chi connectivity index (χ4v) is 3.90. The summed E-state index contributed by atoms with van der Waals surface area (Å²) >= 11 is 0. The van der Waals surface area contributed by atoms with Gasteiger partial charge in [0, 0.05) is 16.6 Å². The smallest absolute Gasteiger partial charge is 0.137 e. The summed E-state index contributed by atoms with van der Waals surface area (Å²) in [7, 11) is 0. The largest absolute Gasteiger partial charge is 0.293 e. The number of aromatic nitrogens is 2. The topological polar surface area (TPSA) is 17.8 Å². The highest BCUT2D eigenvalue weighted by Crippen LogP contribution is 2.42. The van der Waals surface area contributed by atoms with Crippen LogP contribution in [0.2, 0.25) is 0 Å². The van der Waals surface area contributed by atoms with Crippen LogP contribution in [0.3, 0.4) is 0 Å². The fraction of sp³-hybridized carbons (Fsp3) is 0.0385. The highest BCUT2D eigenvalue weighted by molar-refractivity contribution is 6.05. The summed E-state index contributed by atoms with van der Waals surface area (Å²) in [6.45, 7) is 2.04. The minimum absolute atomic E-state index is 0.942. The van der Waals surface area contributed by atoms with E-state index in [4.69, 9.17) is 4.98 Å². The molecular weight excluding hydrogens is 340 g/mol. The zero-order valence-electron chi connectivity index (χ0n) is 15.7. The van der Waals surface area contributed by atoms with E-state index in [9.17, 15) is 0 Å². The molecule has 2 nitrogen and oxygen atoms in total. The van der Waals surface area contributed by atoms with Crippen molar-refractivity contribution < 1.29 is 0 Å². The van der Waals surface area contributed by atoms with E-state index in [1.165, 1.54) is 33.3 Å². The predicted octanol–water partition coefficient (Wildman–Crippen LogP) is 6.67. The van der Waals surface area contributed by atoms with E-state index in [0.29, 0.717) is 0 Å². The molecule has 5 rings (SSSR count). The number of nitrogens with zero attached hydrogens (tertiary/aromatic N) is 2. The molecule has 134 valence electrons. The molecule has 0 aliphatic carbocycles. The van der Waals surface area contributed by atoms with Gasteiger partial charge in [-0.1, -0.05) is 84.9 Å². The molecule has 0 amide bonds. The second-order valence-electron chi connectivity index (χ2n) is 6.95. The summed E-state index contributed by atoms with van der Waals surface area (Å²) in [5, 5.41) is 1.23. The van der Waals surface area contributed by atoms with Crippen molar-refractivity contribution in [1.82, 2.24) is 9.55 Å². The third kappa shape index (κ3) is 2.71. The molecule has 2 aromatic heterocycles. The fourth-order valence-electron chi connectivity index (χ4n) is 3.90. The maximum absolute atomic E-state index is 4.85. The van der Waals surface area contributed by atoms with E-state index in [1.54, 1.807) is 0 Å². The van der Waals surface area contributed by atoms with E-state index < -0.39 is 0 Å². The predicted molar refractivity (Wildman–Crippen MR) is 117 cm³/mol. The Balaban J connectivity index is 1.97.